The molecule has 23 heavy (non-hydrogen) atoms. The molecule has 132 valence electrons. The highest BCUT2D eigenvalue weighted by Crippen LogP contribution is 2.51. The number of rotatable bonds is 11. The lowest BCUT2D eigenvalue weighted by Crippen LogP contribution is -2.35. The Morgan fingerprint density at radius 2 is 1.91 bits per heavy atom. The lowest BCUT2D eigenvalue weighted by atomic mass is 9.82. The minimum Gasteiger partial charge on any atom is -0.390 e. The van der Waals surface area contributed by atoms with Crippen molar-refractivity contribution in [2.24, 2.45) is 5.92 Å². The maximum Gasteiger partial charge on any atom is 0.120 e. The van der Waals surface area contributed by atoms with Gasteiger partial charge in [-0.2, -0.15) is 0 Å². The molecule has 1 saturated heterocycles. The van der Waals surface area contributed by atoms with E-state index < -0.39 is 0 Å². The van der Waals surface area contributed by atoms with Gasteiger partial charge in [0.15, 0.2) is 0 Å². The first-order chi connectivity index (χ1) is 11.2. The molecule has 1 saturated carbocycles. The highest BCUT2D eigenvalue weighted by atomic mass is 16.6. The summed E-state index contributed by atoms with van der Waals surface area (Å²) in [6.07, 6.45) is 22.2. The molecule has 0 aromatic carbocycles. The van der Waals surface area contributed by atoms with Crippen LogP contribution in [0.3, 0.4) is 0 Å². The summed E-state index contributed by atoms with van der Waals surface area (Å²) in [6, 6.07) is 0. The summed E-state index contributed by atoms with van der Waals surface area (Å²) < 4.78 is 5.85. The molecule has 4 unspecified atom stereocenters. The van der Waals surface area contributed by atoms with Crippen LogP contribution in [0, 0.1) is 5.92 Å². The molecule has 2 aliphatic rings. The van der Waals surface area contributed by atoms with Crippen LogP contribution in [0.15, 0.2) is 24.3 Å². The molecule has 2 fully saturated rings. The summed E-state index contributed by atoms with van der Waals surface area (Å²) in [7, 11) is 0. The summed E-state index contributed by atoms with van der Waals surface area (Å²) in [5, 5.41) is 10.5. The van der Waals surface area contributed by atoms with Crippen LogP contribution in [0.4, 0.5) is 0 Å². The van der Waals surface area contributed by atoms with Gasteiger partial charge in [-0.15, -0.1) is 0 Å². The molecular weight excluding hydrogens is 284 g/mol. The molecule has 0 amide bonds. The van der Waals surface area contributed by atoms with E-state index in [0.717, 1.165) is 25.7 Å². The van der Waals surface area contributed by atoms with Crippen molar-refractivity contribution in [3.8, 4) is 0 Å². The maximum atomic E-state index is 10.5. The molecule has 2 rings (SSSR count). The van der Waals surface area contributed by atoms with Crippen LogP contribution in [-0.2, 0) is 4.74 Å². The van der Waals surface area contributed by atoms with Gasteiger partial charge in [0, 0.05) is 0 Å². The average molecular weight is 321 g/mol. The van der Waals surface area contributed by atoms with Gasteiger partial charge in [0.05, 0.1) is 12.2 Å². The summed E-state index contributed by atoms with van der Waals surface area (Å²) in [4.78, 5) is 0. The molecule has 0 bridgehead atoms. The van der Waals surface area contributed by atoms with Crippen LogP contribution in [0.5, 0.6) is 0 Å². The summed E-state index contributed by atoms with van der Waals surface area (Å²) in [5.41, 5.74) is -0.160. The van der Waals surface area contributed by atoms with Gasteiger partial charge in [0.2, 0.25) is 0 Å². The van der Waals surface area contributed by atoms with E-state index >= 15 is 0 Å². The Balaban J connectivity index is 1.54. The van der Waals surface area contributed by atoms with E-state index in [2.05, 4.69) is 38.2 Å². The number of hydrogen-bond acceptors (Lipinski definition) is 2. The monoisotopic (exact) mass is 320 g/mol. The Hall–Kier alpha value is -0.600. The van der Waals surface area contributed by atoms with Crippen molar-refractivity contribution in [3.63, 3.8) is 0 Å². The van der Waals surface area contributed by atoms with Crippen LogP contribution in [0.1, 0.15) is 84.5 Å². The lowest BCUT2D eigenvalue weighted by molar-refractivity contribution is 0.0534. The third kappa shape index (κ3) is 5.76. The molecule has 0 radical (unpaired) electrons. The normalized spacial score (nSPS) is 29.8. The fraction of sp³-hybridized carbons (Fsp3) is 0.810. The van der Waals surface area contributed by atoms with Crippen molar-refractivity contribution in [1.82, 2.24) is 0 Å². The third-order valence-corrected chi connectivity index (χ3v) is 5.40. The van der Waals surface area contributed by atoms with E-state index in [0.29, 0.717) is 12.0 Å². The molecule has 2 nitrogen and oxygen atoms in total. The Kier molecular flexibility index (Phi) is 7.85. The second-order valence-corrected chi connectivity index (χ2v) is 7.48. The molecule has 1 N–H and O–H groups in total. The highest BCUT2D eigenvalue weighted by molar-refractivity contribution is 5.10. The van der Waals surface area contributed by atoms with Crippen molar-refractivity contribution >= 4 is 0 Å². The van der Waals surface area contributed by atoms with Gasteiger partial charge in [0.1, 0.15) is 5.60 Å². The van der Waals surface area contributed by atoms with Crippen LogP contribution in [-0.4, -0.2) is 22.9 Å². The minimum atomic E-state index is -0.280. The molecule has 0 aromatic heterocycles. The van der Waals surface area contributed by atoms with Crippen LogP contribution in [0.25, 0.3) is 0 Å². The van der Waals surface area contributed by atoms with E-state index in [9.17, 15) is 5.11 Å². The van der Waals surface area contributed by atoms with E-state index in [4.69, 9.17) is 4.74 Å². The zero-order chi connectivity index (χ0) is 16.5. The van der Waals surface area contributed by atoms with Gasteiger partial charge in [0.25, 0.3) is 0 Å². The summed E-state index contributed by atoms with van der Waals surface area (Å²) in [6.45, 7) is 4.40. The van der Waals surface area contributed by atoms with E-state index in [-0.39, 0.29) is 11.7 Å². The van der Waals surface area contributed by atoms with E-state index in [1.807, 2.05) is 0 Å². The predicted octanol–water partition coefficient (Wildman–Crippen LogP) is 5.56. The zero-order valence-electron chi connectivity index (χ0n) is 15.2. The number of epoxide rings is 1. The van der Waals surface area contributed by atoms with Gasteiger partial charge in [-0.3, -0.25) is 0 Å². The van der Waals surface area contributed by atoms with Crippen LogP contribution in [0.2, 0.25) is 0 Å². The third-order valence-electron chi connectivity index (χ3n) is 5.40. The number of ether oxygens (including phenoxy) is 1. The number of allylic oxidation sites excluding steroid dienone is 4. The van der Waals surface area contributed by atoms with Gasteiger partial charge >= 0.3 is 0 Å². The molecule has 1 aliphatic heterocycles. The fourth-order valence-corrected chi connectivity index (χ4v) is 3.89. The van der Waals surface area contributed by atoms with Crippen LogP contribution < -0.4 is 0 Å². The Bertz CT molecular complexity index is 387. The first kappa shape index (κ1) is 18.7. The molecular formula is C21H36O2. The molecule has 1 aliphatic carbocycles. The number of fused-ring (bicyclic) bond motifs is 1. The van der Waals surface area contributed by atoms with Crippen molar-refractivity contribution in [3.05, 3.63) is 24.3 Å². The molecule has 2 heteroatoms. The lowest BCUT2D eigenvalue weighted by Gasteiger charge is -2.24. The first-order valence-corrected chi connectivity index (χ1v) is 9.86. The molecule has 4 atom stereocenters. The average Bonchev–Trinajstić information content (AvgIpc) is 3.29. The second kappa shape index (κ2) is 9.64. The SMILES string of the molecule is CCC=CCCCCCC=CC(C)CC(O)C12CCCCC1O2. The fourth-order valence-electron chi connectivity index (χ4n) is 3.89. The summed E-state index contributed by atoms with van der Waals surface area (Å²) in [5.74, 6) is 0.443. The van der Waals surface area contributed by atoms with Crippen molar-refractivity contribution in [1.29, 1.82) is 0 Å². The highest BCUT2D eigenvalue weighted by Gasteiger charge is 2.61. The molecule has 0 spiro atoms. The van der Waals surface area contributed by atoms with Crippen molar-refractivity contribution < 1.29 is 9.84 Å². The van der Waals surface area contributed by atoms with E-state index in [1.54, 1.807) is 0 Å². The molecule has 1 heterocycles. The largest absolute Gasteiger partial charge is 0.390 e. The standard InChI is InChI=1S/C21H36O2/c1-3-4-5-6-7-8-9-10-11-14-18(2)17-19(22)21-16-13-12-15-20(21)23-21/h4-5,11,14,18-20,22H,3,6-10,12-13,15-17H2,1-2H3. The molecule has 0 aromatic rings. The first-order valence-electron chi connectivity index (χ1n) is 9.86. The predicted molar refractivity (Wildman–Crippen MR) is 97.5 cm³/mol. The second-order valence-electron chi connectivity index (χ2n) is 7.48. The van der Waals surface area contributed by atoms with Gasteiger partial charge in [-0.05, 0) is 57.3 Å². The van der Waals surface area contributed by atoms with Gasteiger partial charge < -0.3 is 9.84 Å². The smallest absolute Gasteiger partial charge is 0.120 e. The number of aliphatic hydroxyl groups is 1. The van der Waals surface area contributed by atoms with Crippen LogP contribution >= 0.6 is 0 Å². The zero-order valence-corrected chi connectivity index (χ0v) is 15.2. The summed E-state index contributed by atoms with van der Waals surface area (Å²) >= 11 is 0. The van der Waals surface area contributed by atoms with Gasteiger partial charge in [-0.25, -0.2) is 0 Å². The maximum absolute atomic E-state index is 10.5. The number of hydrogen-bond donors (Lipinski definition) is 1. The number of aliphatic hydroxyl groups excluding tert-OH is 1. The topological polar surface area (TPSA) is 32.8 Å². The number of unbranched alkanes of at least 4 members (excludes halogenated alkanes) is 4. The Labute approximate surface area is 143 Å². The van der Waals surface area contributed by atoms with Gasteiger partial charge in [-0.1, -0.05) is 57.4 Å². The quantitative estimate of drug-likeness (QED) is 0.307. The van der Waals surface area contributed by atoms with Crippen molar-refractivity contribution in [2.75, 3.05) is 0 Å². The Morgan fingerprint density at radius 3 is 2.65 bits per heavy atom. The van der Waals surface area contributed by atoms with E-state index in [1.165, 1.54) is 44.9 Å². The minimum absolute atomic E-state index is 0.160. The Morgan fingerprint density at radius 1 is 1.13 bits per heavy atom. The van der Waals surface area contributed by atoms with Crippen molar-refractivity contribution in [2.45, 2.75) is 102 Å².